The van der Waals surface area contributed by atoms with Crippen molar-refractivity contribution in [2.75, 3.05) is 6.61 Å². The largest absolute Gasteiger partial charge is 0.471 e. The summed E-state index contributed by atoms with van der Waals surface area (Å²) in [6.07, 6.45) is -1.41. The molecule has 0 spiro atoms. The van der Waals surface area contributed by atoms with Gasteiger partial charge in [0.15, 0.2) is 0 Å². The van der Waals surface area contributed by atoms with Crippen molar-refractivity contribution < 1.29 is 27.2 Å². The molecule has 1 aromatic heterocycles. The van der Waals surface area contributed by atoms with E-state index in [9.17, 15) is 18.0 Å². The van der Waals surface area contributed by atoms with Gasteiger partial charge in [-0.05, 0) is 31.2 Å². The first-order valence-corrected chi connectivity index (χ1v) is 8.84. The number of nitrogens with zero attached hydrogens (tertiary/aromatic N) is 3. The number of carbonyl (C=O) groups is 1. The van der Waals surface area contributed by atoms with E-state index in [1.165, 1.54) is 0 Å². The first kappa shape index (κ1) is 18.0. The molecule has 1 unspecified atom stereocenters. The number of ether oxygens (including phenoxy) is 1. The lowest BCUT2D eigenvalue weighted by molar-refractivity contribution is -0.159. The van der Waals surface area contributed by atoms with Gasteiger partial charge in [0, 0.05) is 24.8 Å². The normalized spacial score (nSPS) is 20.0. The molecule has 1 saturated heterocycles. The second kappa shape index (κ2) is 6.95. The smallest absolute Gasteiger partial charge is 0.368 e. The minimum atomic E-state index is -4.67. The Morgan fingerprint density at radius 3 is 2.48 bits per heavy atom. The Morgan fingerprint density at radius 1 is 1.19 bits per heavy atom. The third-order valence-electron chi connectivity index (χ3n) is 4.71. The van der Waals surface area contributed by atoms with Crippen molar-refractivity contribution in [1.82, 2.24) is 15.0 Å². The fourth-order valence-corrected chi connectivity index (χ4v) is 3.14. The molecule has 0 N–H and O–H groups in total. The number of aromatic nitrogens is 2. The van der Waals surface area contributed by atoms with E-state index in [2.05, 4.69) is 14.7 Å². The van der Waals surface area contributed by atoms with Crippen LogP contribution in [0.4, 0.5) is 13.2 Å². The number of rotatable bonds is 5. The van der Waals surface area contributed by atoms with Gasteiger partial charge in [-0.1, -0.05) is 29.4 Å². The van der Waals surface area contributed by atoms with E-state index >= 15 is 0 Å². The SMILES string of the molecule is O=C(C1CCCO1)N(Cc1ccc(-c2noc(C(F)(F)F)n2)cc1)C1CC1. The lowest BCUT2D eigenvalue weighted by Crippen LogP contribution is -2.39. The maximum atomic E-state index is 12.7. The molecule has 1 aliphatic carbocycles. The van der Waals surface area contributed by atoms with Gasteiger partial charge in [-0.25, -0.2) is 0 Å². The first-order valence-electron chi connectivity index (χ1n) is 8.84. The standard InChI is InChI=1S/C18H18F3N3O3/c19-18(20,21)17-22-15(23-27-17)12-5-3-11(4-6-12)10-24(13-7-8-13)16(25)14-2-1-9-26-14/h3-6,13-14H,1-2,7-10H2. The van der Waals surface area contributed by atoms with Crippen LogP contribution in [0.15, 0.2) is 28.8 Å². The summed E-state index contributed by atoms with van der Waals surface area (Å²) in [5.41, 5.74) is 1.30. The van der Waals surface area contributed by atoms with E-state index < -0.39 is 12.1 Å². The van der Waals surface area contributed by atoms with Crippen molar-refractivity contribution in [2.24, 2.45) is 0 Å². The van der Waals surface area contributed by atoms with Gasteiger partial charge in [-0.15, -0.1) is 0 Å². The van der Waals surface area contributed by atoms with Crippen molar-refractivity contribution in [1.29, 1.82) is 0 Å². The fraction of sp³-hybridized carbons (Fsp3) is 0.500. The highest BCUT2D eigenvalue weighted by molar-refractivity contribution is 5.81. The molecule has 0 radical (unpaired) electrons. The van der Waals surface area contributed by atoms with Gasteiger partial charge in [0.25, 0.3) is 5.91 Å². The van der Waals surface area contributed by atoms with Gasteiger partial charge in [0.2, 0.25) is 5.82 Å². The quantitative estimate of drug-likeness (QED) is 0.794. The summed E-state index contributed by atoms with van der Waals surface area (Å²) in [7, 11) is 0. The van der Waals surface area contributed by atoms with Gasteiger partial charge in [-0.2, -0.15) is 18.2 Å². The van der Waals surface area contributed by atoms with Gasteiger partial charge >= 0.3 is 12.1 Å². The summed E-state index contributed by atoms with van der Waals surface area (Å²) in [4.78, 5) is 17.9. The van der Waals surface area contributed by atoms with Crippen molar-refractivity contribution in [2.45, 2.75) is 50.6 Å². The molecule has 1 amide bonds. The molecular formula is C18H18F3N3O3. The summed E-state index contributed by atoms with van der Waals surface area (Å²) < 4.78 is 47.5. The summed E-state index contributed by atoms with van der Waals surface area (Å²) in [6, 6.07) is 7.02. The molecule has 1 aliphatic heterocycles. The highest BCUT2D eigenvalue weighted by atomic mass is 19.4. The minimum Gasteiger partial charge on any atom is -0.368 e. The number of halogens is 3. The van der Waals surface area contributed by atoms with Gasteiger partial charge in [-0.3, -0.25) is 4.79 Å². The lowest BCUT2D eigenvalue weighted by atomic mass is 10.1. The molecule has 2 fully saturated rings. The Balaban J connectivity index is 1.46. The number of benzene rings is 1. The number of hydrogen-bond donors (Lipinski definition) is 0. The van der Waals surface area contributed by atoms with Crippen molar-refractivity contribution >= 4 is 5.91 Å². The molecule has 2 aromatic rings. The average Bonchev–Trinajstić information content (AvgIpc) is 3.13. The molecule has 1 aromatic carbocycles. The van der Waals surface area contributed by atoms with Crippen molar-refractivity contribution in [3.8, 4) is 11.4 Å². The van der Waals surface area contributed by atoms with Crippen LogP contribution in [0.2, 0.25) is 0 Å². The van der Waals surface area contributed by atoms with Crippen LogP contribution in [0, 0.1) is 0 Å². The van der Waals surface area contributed by atoms with E-state index in [1.54, 1.807) is 24.3 Å². The molecule has 27 heavy (non-hydrogen) atoms. The number of hydrogen-bond acceptors (Lipinski definition) is 5. The Morgan fingerprint density at radius 2 is 1.93 bits per heavy atom. The summed E-state index contributed by atoms with van der Waals surface area (Å²) in [6.45, 7) is 1.07. The third-order valence-corrected chi connectivity index (χ3v) is 4.71. The van der Waals surface area contributed by atoms with Crippen LogP contribution in [0.25, 0.3) is 11.4 Å². The predicted octanol–water partition coefficient (Wildman–Crippen LogP) is 3.43. The van der Waals surface area contributed by atoms with Crippen LogP contribution < -0.4 is 0 Å². The number of alkyl halides is 3. The molecule has 4 rings (SSSR count). The Kier molecular flexibility index (Phi) is 4.63. The zero-order valence-corrected chi connectivity index (χ0v) is 14.4. The Bertz CT molecular complexity index is 809. The highest BCUT2D eigenvalue weighted by Gasteiger charge is 2.39. The van der Waals surface area contributed by atoms with Gasteiger partial charge in [0.05, 0.1) is 0 Å². The van der Waals surface area contributed by atoms with Gasteiger partial charge < -0.3 is 14.2 Å². The summed E-state index contributed by atoms with van der Waals surface area (Å²) >= 11 is 0. The van der Waals surface area contributed by atoms with E-state index in [0.717, 1.165) is 31.2 Å². The van der Waals surface area contributed by atoms with E-state index in [1.807, 2.05) is 4.90 Å². The molecule has 9 heteroatoms. The second-order valence-corrected chi connectivity index (χ2v) is 6.82. The van der Waals surface area contributed by atoms with Crippen LogP contribution >= 0.6 is 0 Å². The molecule has 1 atom stereocenters. The zero-order valence-electron chi connectivity index (χ0n) is 14.4. The Hall–Kier alpha value is -2.42. The topological polar surface area (TPSA) is 68.5 Å². The average molecular weight is 381 g/mol. The molecule has 2 aliphatic rings. The molecular weight excluding hydrogens is 363 g/mol. The fourth-order valence-electron chi connectivity index (χ4n) is 3.14. The van der Waals surface area contributed by atoms with Crippen LogP contribution in [0.1, 0.15) is 37.1 Å². The van der Waals surface area contributed by atoms with Crippen LogP contribution in [0.5, 0.6) is 0 Å². The highest BCUT2D eigenvalue weighted by Crippen LogP contribution is 2.32. The molecule has 0 bridgehead atoms. The molecule has 144 valence electrons. The van der Waals surface area contributed by atoms with Crippen LogP contribution in [-0.2, 0) is 22.3 Å². The molecule has 6 nitrogen and oxygen atoms in total. The maximum absolute atomic E-state index is 12.7. The van der Waals surface area contributed by atoms with Crippen molar-refractivity contribution in [3.05, 3.63) is 35.7 Å². The maximum Gasteiger partial charge on any atom is 0.471 e. The summed E-state index contributed by atoms with van der Waals surface area (Å²) in [5.74, 6) is -1.47. The Labute approximate surface area is 153 Å². The third kappa shape index (κ3) is 3.97. The number of carbonyl (C=O) groups excluding carboxylic acids is 1. The van der Waals surface area contributed by atoms with E-state index in [4.69, 9.17) is 4.74 Å². The van der Waals surface area contributed by atoms with Gasteiger partial charge in [0.1, 0.15) is 6.10 Å². The second-order valence-electron chi connectivity index (χ2n) is 6.82. The van der Waals surface area contributed by atoms with E-state index in [0.29, 0.717) is 18.7 Å². The predicted molar refractivity (Wildman–Crippen MR) is 87.3 cm³/mol. The summed E-state index contributed by atoms with van der Waals surface area (Å²) in [5, 5.41) is 3.38. The monoisotopic (exact) mass is 381 g/mol. The first-order chi connectivity index (χ1) is 12.9. The zero-order chi connectivity index (χ0) is 19.0. The molecule has 2 heterocycles. The van der Waals surface area contributed by atoms with E-state index in [-0.39, 0.29) is 23.9 Å². The van der Waals surface area contributed by atoms with Crippen LogP contribution in [-0.4, -0.2) is 39.7 Å². The minimum absolute atomic E-state index is 0.0204. The van der Waals surface area contributed by atoms with Crippen molar-refractivity contribution in [3.63, 3.8) is 0 Å². The lowest BCUT2D eigenvalue weighted by Gasteiger charge is -2.25. The van der Waals surface area contributed by atoms with Crippen LogP contribution in [0.3, 0.4) is 0 Å². The number of amides is 1. The molecule has 1 saturated carbocycles.